The predicted octanol–water partition coefficient (Wildman–Crippen LogP) is 3.11. The van der Waals surface area contributed by atoms with Crippen molar-refractivity contribution in [2.24, 2.45) is 0 Å². The van der Waals surface area contributed by atoms with Crippen molar-refractivity contribution in [1.29, 1.82) is 0 Å². The van der Waals surface area contributed by atoms with Gasteiger partial charge in [-0.05, 0) is 18.2 Å². The molecule has 3 nitrogen and oxygen atoms in total. The van der Waals surface area contributed by atoms with Gasteiger partial charge in [-0.25, -0.2) is 4.39 Å². The third kappa shape index (κ3) is 2.00. The van der Waals surface area contributed by atoms with Crippen LogP contribution in [0.2, 0.25) is 0 Å². The Bertz CT molecular complexity index is 659. The van der Waals surface area contributed by atoms with E-state index in [1.165, 1.54) is 24.4 Å². The molecule has 0 bridgehead atoms. The quantitative estimate of drug-likeness (QED) is 0.783. The third-order valence-electron chi connectivity index (χ3n) is 2.82. The van der Waals surface area contributed by atoms with E-state index in [4.69, 9.17) is 4.74 Å². The summed E-state index contributed by atoms with van der Waals surface area (Å²) in [7, 11) is 0. The Morgan fingerprint density at radius 1 is 1.21 bits per heavy atom. The van der Waals surface area contributed by atoms with E-state index in [9.17, 15) is 17.6 Å². The molecule has 100 valence electrons. The zero-order valence-electron chi connectivity index (χ0n) is 9.38. The highest BCUT2D eigenvalue weighted by atomic mass is 19.4. The zero-order chi connectivity index (χ0) is 13.6. The molecule has 1 aromatic heterocycles. The number of hydrogen-bond donors (Lipinski definition) is 2. The fraction of sp³-hybridized carbons (Fsp3) is 0.167. The minimum atomic E-state index is -4.50. The van der Waals surface area contributed by atoms with Crippen LogP contribution in [0.25, 0.3) is 16.7 Å². The molecule has 1 atom stereocenters. The van der Waals surface area contributed by atoms with E-state index in [2.05, 4.69) is 10.3 Å². The molecule has 1 aliphatic heterocycles. The molecule has 1 aromatic carbocycles. The number of rotatable bonds is 1. The number of hydrogen-bond acceptors (Lipinski definition) is 2. The number of aromatic nitrogens is 1. The normalized spacial score (nSPS) is 19.2. The molecule has 0 saturated heterocycles. The number of halogens is 4. The van der Waals surface area contributed by atoms with E-state index in [1.807, 2.05) is 0 Å². The standard InChI is InChI=1S/C12H8F4N2O/c13-6-1-2-9-7(3-6)8(4-17-9)10-5-18-11(19-10)12(14,15)16/h1-5,11,17-18H. The van der Waals surface area contributed by atoms with E-state index in [1.54, 1.807) is 0 Å². The fourth-order valence-corrected chi connectivity index (χ4v) is 1.95. The van der Waals surface area contributed by atoms with Crippen molar-refractivity contribution < 1.29 is 22.3 Å². The van der Waals surface area contributed by atoms with Crippen molar-refractivity contribution in [3.63, 3.8) is 0 Å². The van der Waals surface area contributed by atoms with Crippen molar-refractivity contribution in [3.8, 4) is 0 Å². The van der Waals surface area contributed by atoms with Gasteiger partial charge >= 0.3 is 6.18 Å². The SMILES string of the molecule is Fc1ccc2[nH]cc(C3=CNC(C(F)(F)F)O3)c2c1. The number of aromatic amines is 1. The second-order valence-electron chi connectivity index (χ2n) is 4.11. The maximum Gasteiger partial charge on any atom is 0.445 e. The van der Waals surface area contributed by atoms with Crippen LogP contribution >= 0.6 is 0 Å². The molecule has 2 heterocycles. The van der Waals surface area contributed by atoms with Crippen molar-refractivity contribution in [2.75, 3.05) is 0 Å². The Labute approximate surface area is 104 Å². The van der Waals surface area contributed by atoms with Crippen molar-refractivity contribution >= 4 is 16.7 Å². The topological polar surface area (TPSA) is 37.0 Å². The smallest absolute Gasteiger partial charge is 0.445 e. The molecule has 0 saturated carbocycles. The molecule has 2 aromatic rings. The Morgan fingerprint density at radius 3 is 2.68 bits per heavy atom. The maximum atomic E-state index is 13.2. The van der Waals surface area contributed by atoms with E-state index in [0.717, 1.165) is 6.20 Å². The summed E-state index contributed by atoms with van der Waals surface area (Å²) in [5.74, 6) is -0.438. The lowest BCUT2D eigenvalue weighted by Crippen LogP contribution is -2.37. The zero-order valence-corrected chi connectivity index (χ0v) is 9.38. The van der Waals surface area contributed by atoms with Crippen LogP contribution in [0.3, 0.4) is 0 Å². The Hall–Kier alpha value is -2.18. The van der Waals surface area contributed by atoms with Crippen LogP contribution in [0.4, 0.5) is 17.6 Å². The number of fused-ring (bicyclic) bond motifs is 1. The van der Waals surface area contributed by atoms with Gasteiger partial charge in [0, 0.05) is 28.9 Å². The molecular weight excluding hydrogens is 264 g/mol. The van der Waals surface area contributed by atoms with E-state index in [-0.39, 0.29) is 5.76 Å². The van der Waals surface area contributed by atoms with Gasteiger partial charge in [0.15, 0.2) is 0 Å². The lowest BCUT2D eigenvalue weighted by molar-refractivity contribution is -0.203. The highest BCUT2D eigenvalue weighted by Crippen LogP contribution is 2.33. The summed E-state index contributed by atoms with van der Waals surface area (Å²) in [5, 5.41) is 2.57. The number of alkyl halides is 3. The molecule has 0 aliphatic carbocycles. The van der Waals surface area contributed by atoms with Gasteiger partial charge in [-0.1, -0.05) is 0 Å². The lowest BCUT2D eigenvalue weighted by Gasteiger charge is -2.15. The molecular formula is C12H8F4N2O. The molecule has 1 unspecified atom stereocenters. The Balaban J connectivity index is 1.96. The summed E-state index contributed by atoms with van der Waals surface area (Å²) in [4.78, 5) is 2.85. The van der Waals surface area contributed by atoms with Gasteiger partial charge in [0.2, 0.25) is 0 Å². The van der Waals surface area contributed by atoms with Gasteiger partial charge in [-0.2, -0.15) is 13.2 Å². The highest BCUT2D eigenvalue weighted by Gasteiger charge is 2.44. The van der Waals surface area contributed by atoms with E-state index >= 15 is 0 Å². The summed E-state index contributed by atoms with van der Waals surface area (Å²) in [6.07, 6.45) is -3.96. The molecule has 0 spiro atoms. The first-order valence-corrected chi connectivity index (χ1v) is 5.42. The summed E-state index contributed by atoms with van der Waals surface area (Å²) in [6.45, 7) is 0. The van der Waals surface area contributed by atoms with Gasteiger partial charge < -0.3 is 15.0 Å². The van der Waals surface area contributed by atoms with Crippen LogP contribution < -0.4 is 5.32 Å². The average Bonchev–Trinajstić information content (AvgIpc) is 2.92. The van der Waals surface area contributed by atoms with E-state index in [0.29, 0.717) is 16.5 Å². The Kier molecular flexibility index (Phi) is 2.44. The first-order chi connectivity index (χ1) is 8.95. The second-order valence-corrected chi connectivity index (χ2v) is 4.11. The lowest BCUT2D eigenvalue weighted by atomic mass is 10.1. The largest absolute Gasteiger partial charge is 0.459 e. The first kappa shape index (κ1) is 11.9. The molecule has 0 amide bonds. The van der Waals surface area contributed by atoms with Gasteiger partial charge in [-0.15, -0.1) is 0 Å². The number of ether oxygens (including phenoxy) is 1. The minimum absolute atomic E-state index is 0.0270. The average molecular weight is 272 g/mol. The number of H-pyrrole nitrogens is 1. The monoisotopic (exact) mass is 272 g/mol. The van der Waals surface area contributed by atoms with Crippen molar-refractivity contribution in [1.82, 2.24) is 10.3 Å². The molecule has 0 fully saturated rings. The van der Waals surface area contributed by atoms with Crippen LogP contribution in [0.1, 0.15) is 5.56 Å². The second kappa shape index (κ2) is 3.91. The number of benzene rings is 1. The summed E-state index contributed by atoms with van der Waals surface area (Å²) >= 11 is 0. The summed E-state index contributed by atoms with van der Waals surface area (Å²) < 4.78 is 55.4. The van der Waals surface area contributed by atoms with Crippen LogP contribution in [0.15, 0.2) is 30.6 Å². The van der Waals surface area contributed by atoms with Gasteiger partial charge in [0.25, 0.3) is 6.23 Å². The van der Waals surface area contributed by atoms with Crippen LogP contribution in [0.5, 0.6) is 0 Å². The van der Waals surface area contributed by atoms with Crippen LogP contribution in [-0.2, 0) is 4.74 Å². The van der Waals surface area contributed by atoms with Crippen LogP contribution in [0, 0.1) is 5.82 Å². The fourth-order valence-electron chi connectivity index (χ4n) is 1.95. The molecule has 19 heavy (non-hydrogen) atoms. The van der Waals surface area contributed by atoms with Crippen LogP contribution in [-0.4, -0.2) is 17.4 Å². The molecule has 7 heteroatoms. The molecule has 0 radical (unpaired) electrons. The molecule has 3 rings (SSSR count). The summed E-state index contributed by atoms with van der Waals surface area (Å²) in [5.41, 5.74) is 1.00. The first-order valence-electron chi connectivity index (χ1n) is 5.42. The van der Waals surface area contributed by atoms with Crippen molar-refractivity contribution in [3.05, 3.63) is 42.0 Å². The van der Waals surface area contributed by atoms with Gasteiger partial charge in [0.05, 0.1) is 0 Å². The maximum absolute atomic E-state index is 13.2. The van der Waals surface area contributed by atoms with E-state index < -0.39 is 18.2 Å². The predicted molar refractivity (Wildman–Crippen MR) is 60.3 cm³/mol. The number of nitrogens with one attached hydrogen (secondary N) is 2. The minimum Gasteiger partial charge on any atom is -0.459 e. The van der Waals surface area contributed by atoms with Gasteiger partial charge in [0.1, 0.15) is 11.6 Å². The molecule has 2 N–H and O–H groups in total. The Morgan fingerprint density at radius 2 is 2.00 bits per heavy atom. The van der Waals surface area contributed by atoms with Gasteiger partial charge in [-0.3, -0.25) is 0 Å². The summed E-state index contributed by atoms with van der Waals surface area (Å²) in [6, 6.07) is 4.02. The third-order valence-corrected chi connectivity index (χ3v) is 2.82. The molecule has 1 aliphatic rings. The highest BCUT2D eigenvalue weighted by molar-refractivity contribution is 5.91. The van der Waals surface area contributed by atoms with Crippen molar-refractivity contribution in [2.45, 2.75) is 12.4 Å².